The number of rotatable bonds is 3. The molecule has 0 fully saturated rings. The Hall–Kier alpha value is -6.22. The predicted octanol–water partition coefficient (Wildman–Crippen LogP) is 15.6. The summed E-state index contributed by atoms with van der Waals surface area (Å²) in [7, 11) is 0. The zero-order chi connectivity index (χ0) is 37.5. The van der Waals surface area contributed by atoms with Gasteiger partial charge in [0, 0.05) is 53.6 Å². The van der Waals surface area contributed by atoms with Gasteiger partial charge in [-0.2, -0.15) is 0 Å². The van der Waals surface area contributed by atoms with Crippen LogP contribution in [0.2, 0.25) is 0 Å². The molecule has 56 heavy (non-hydrogen) atoms. The second-order valence-electron chi connectivity index (χ2n) is 16.9. The molecule has 0 atom stereocenters. The standard InChI is InChI=1S/C54H39NS/c1-53(2)47-27-23-33(30-45(47)51-48(53)28-26-43-42-18-10-12-20-50(42)56-52(43)51)55(34-22-25-41-40-17-9-11-19-46(40)54(3,4)49(41)31-34)32-21-24-39-37-15-6-5-13-35(37)36-14-7-8-16-38(36)44(39)29-32/h5-31H,1-4H3. The summed E-state index contributed by atoms with van der Waals surface area (Å²) in [6.07, 6.45) is 0. The van der Waals surface area contributed by atoms with E-state index in [1.54, 1.807) is 0 Å². The molecule has 266 valence electrons. The third kappa shape index (κ3) is 4.20. The highest BCUT2D eigenvalue weighted by Crippen LogP contribution is 2.56. The van der Waals surface area contributed by atoms with Crippen molar-refractivity contribution < 1.29 is 0 Å². The van der Waals surface area contributed by atoms with Crippen LogP contribution < -0.4 is 4.90 Å². The maximum atomic E-state index is 2.51. The van der Waals surface area contributed by atoms with Gasteiger partial charge in [-0.1, -0.05) is 149 Å². The Labute approximate surface area is 331 Å². The summed E-state index contributed by atoms with van der Waals surface area (Å²) in [5.74, 6) is 0. The summed E-state index contributed by atoms with van der Waals surface area (Å²) < 4.78 is 2.73. The molecule has 12 rings (SSSR count). The van der Waals surface area contributed by atoms with Crippen LogP contribution >= 0.6 is 11.3 Å². The van der Waals surface area contributed by atoms with E-state index in [4.69, 9.17) is 0 Å². The molecule has 0 N–H and O–H groups in total. The number of hydrogen-bond acceptors (Lipinski definition) is 2. The third-order valence-corrected chi connectivity index (χ3v) is 14.4. The average molecular weight is 734 g/mol. The van der Waals surface area contributed by atoms with Gasteiger partial charge < -0.3 is 4.90 Å². The predicted molar refractivity (Wildman–Crippen MR) is 242 cm³/mol. The van der Waals surface area contributed by atoms with Crippen LogP contribution in [0.3, 0.4) is 0 Å². The Morgan fingerprint density at radius 2 is 0.857 bits per heavy atom. The molecule has 10 aromatic rings. The molecular weight excluding hydrogens is 695 g/mol. The lowest BCUT2D eigenvalue weighted by atomic mass is 9.82. The van der Waals surface area contributed by atoms with E-state index < -0.39 is 0 Å². The second kappa shape index (κ2) is 11.2. The largest absolute Gasteiger partial charge is 0.310 e. The molecule has 2 aliphatic rings. The molecule has 0 saturated carbocycles. The minimum Gasteiger partial charge on any atom is -0.310 e. The lowest BCUT2D eigenvalue weighted by molar-refractivity contribution is 0.660. The Bertz CT molecular complexity index is 3290. The van der Waals surface area contributed by atoms with Crippen LogP contribution in [0.15, 0.2) is 164 Å². The summed E-state index contributed by atoms with van der Waals surface area (Å²) in [6, 6.07) is 61.9. The summed E-state index contributed by atoms with van der Waals surface area (Å²) in [4.78, 5) is 2.51. The Balaban J connectivity index is 1.13. The van der Waals surface area contributed by atoms with Crippen molar-refractivity contribution in [2.75, 3.05) is 4.90 Å². The Morgan fingerprint density at radius 1 is 0.357 bits per heavy atom. The zero-order valence-corrected chi connectivity index (χ0v) is 32.8. The van der Waals surface area contributed by atoms with Gasteiger partial charge in [0.25, 0.3) is 0 Å². The Morgan fingerprint density at radius 3 is 1.62 bits per heavy atom. The molecule has 2 heteroatoms. The maximum absolute atomic E-state index is 2.51. The van der Waals surface area contributed by atoms with Crippen molar-refractivity contribution in [2.45, 2.75) is 38.5 Å². The third-order valence-electron chi connectivity index (χ3n) is 13.2. The van der Waals surface area contributed by atoms with Crippen LogP contribution in [-0.4, -0.2) is 0 Å². The summed E-state index contributed by atoms with van der Waals surface area (Å²) in [5, 5.41) is 10.4. The van der Waals surface area contributed by atoms with Gasteiger partial charge in [0.05, 0.1) is 0 Å². The van der Waals surface area contributed by atoms with Crippen molar-refractivity contribution in [1.82, 2.24) is 0 Å². The molecule has 2 aliphatic carbocycles. The SMILES string of the molecule is CC1(C)c2ccccc2-c2ccc(N(c3ccc4c(c3)-c3c(ccc5c3sc3ccccc35)C4(C)C)c3ccc4c5ccccc5c5ccccc5c4c3)cc21. The van der Waals surface area contributed by atoms with Crippen LogP contribution in [0.5, 0.6) is 0 Å². The first-order chi connectivity index (χ1) is 27.3. The van der Waals surface area contributed by atoms with Crippen molar-refractivity contribution in [3.63, 3.8) is 0 Å². The first-order valence-electron chi connectivity index (χ1n) is 19.8. The average Bonchev–Trinajstić information content (AvgIpc) is 3.80. The van der Waals surface area contributed by atoms with E-state index in [-0.39, 0.29) is 10.8 Å². The van der Waals surface area contributed by atoms with Gasteiger partial charge in [-0.05, 0) is 114 Å². The highest BCUT2D eigenvalue weighted by Gasteiger charge is 2.39. The number of fused-ring (bicyclic) bond motifs is 16. The lowest BCUT2D eigenvalue weighted by Crippen LogP contribution is -2.17. The number of anilines is 3. The highest BCUT2D eigenvalue weighted by atomic mass is 32.1. The fraction of sp³-hybridized carbons (Fsp3) is 0.111. The number of nitrogens with zero attached hydrogens (tertiary/aromatic N) is 1. The number of benzene rings is 9. The molecule has 0 saturated heterocycles. The van der Waals surface area contributed by atoms with E-state index in [1.807, 2.05) is 11.3 Å². The zero-order valence-electron chi connectivity index (χ0n) is 31.9. The van der Waals surface area contributed by atoms with E-state index in [9.17, 15) is 0 Å². The van der Waals surface area contributed by atoms with Gasteiger partial charge in [0.1, 0.15) is 0 Å². The van der Waals surface area contributed by atoms with Crippen molar-refractivity contribution in [2.24, 2.45) is 0 Å². The quantitative estimate of drug-likeness (QED) is 0.163. The minimum atomic E-state index is -0.111. The van der Waals surface area contributed by atoms with Gasteiger partial charge in [-0.3, -0.25) is 0 Å². The van der Waals surface area contributed by atoms with E-state index in [0.29, 0.717) is 0 Å². The summed E-state index contributed by atoms with van der Waals surface area (Å²) in [6.45, 7) is 9.55. The fourth-order valence-corrected chi connectivity index (χ4v) is 11.7. The topological polar surface area (TPSA) is 3.24 Å². The van der Waals surface area contributed by atoms with Gasteiger partial charge >= 0.3 is 0 Å². The normalized spacial score (nSPS) is 14.7. The van der Waals surface area contributed by atoms with Gasteiger partial charge in [-0.25, -0.2) is 0 Å². The first-order valence-corrected chi connectivity index (χ1v) is 20.6. The van der Waals surface area contributed by atoms with Crippen molar-refractivity contribution in [3.8, 4) is 22.3 Å². The molecule has 1 aromatic heterocycles. The van der Waals surface area contributed by atoms with Crippen LogP contribution in [0.25, 0.3) is 74.7 Å². The van der Waals surface area contributed by atoms with Crippen LogP contribution in [0.4, 0.5) is 17.1 Å². The molecule has 1 heterocycles. The molecule has 9 aromatic carbocycles. The minimum absolute atomic E-state index is 0.106. The van der Waals surface area contributed by atoms with E-state index in [0.717, 1.165) is 5.69 Å². The van der Waals surface area contributed by atoms with Gasteiger partial charge in [-0.15, -0.1) is 11.3 Å². The molecule has 0 bridgehead atoms. The lowest BCUT2D eigenvalue weighted by Gasteiger charge is -2.29. The molecule has 0 amide bonds. The number of hydrogen-bond donors (Lipinski definition) is 0. The highest BCUT2D eigenvalue weighted by molar-refractivity contribution is 7.26. The molecule has 0 aliphatic heterocycles. The van der Waals surface area contributed by atoms with Crippen LogP contribution in [-0.2, 0) is 10.8 Å². The monoisotopic (exact) mass is 733 g/mol. The maximum Gasteiger partial charge on any atom is 0.0468 e. The van der Waals surface area contributed by atoms with Crippen molar-refractivity contribution >= 4 is 80.9 Å². The van der Waals surface area contributed by atoms with Gasteiger partial charge in [0.15, 0.2) is 0 Å². The van der Waals surface area contributed by atoms with Crippen molar-refractivity contribution in [3.05, 3.63) is 186 Å². The first kappa shape index (κ1) is 32.1. The molecule has 1 nitrogen and oxygen atoms in total. The smallest absolute Gasteiger partial charge is 0.0468 e. The molecular formula is C54H39NS. The molecule has 0 radical (unpaired) electrons. The van der Waals surface area contributed by atoms with Crippen molar-refractivity contribution in [1.29, 1.82) is 0 Å². The molecule has 0 spiro atoms. The Kier molecular flexibility index (Phi) is 6.40. The summed E-state index contributed by atoms with van der Waals surface area (Å²) >= 11 is 1.94. The van der Waals surface area contributed by atoms with E-state index in [2.05, 4.69) is 196 Å². The fourth-order valence-electron chi connectivity index (χ4n) is 10.5. The van der Waals surface area contributed by atoms with Crippen LogP contribution in [0.1, 0.15) is 49.9 Å². The van der Waals surface area contributed by atoms with E-state index >= 15 is 0 Å². The van der Waals surface area contributed by atoms with Gasteiger partial charge in [0.2, 0.25) is 0 Å². The number of thiophene rings is 1. The summed E-state index contributed by atoms with van der Waals surface area (Å²) in [5.41, 5.74) is 14.3. The van der Waals surface area contributed by atoms with Crippen LogP contribution in [0, 0.1) is 0 Å². The van der Waals surface area contributed by atoms with E-state index in [1.165, 1.54) is 108 Å². The molecule has 0 unspecified atom stereocenters. The second-order valence-corrected chi connectivity index (χ2v) is 17.9.